The SMILES string of the molecule is CC(=N)N1CCC(Oc2c(F)c(Oc3cccc(C4=NCCN4C)c3)nc(Oc3cc(C(=N)N)ccc3O)c2F)C1. The first-order chi connectivity index (χ1) is 19.6. The van der Waals surface area contributed by atoms with Crippen LogP contribution < -0.4 is 19.9 Å². The molecule has 2 aliphatic rings. The summed E-state index contributed by atoms with van der Waals surface area (Å²) in [5, 5.41) is 25.8. The molecule has 1 unspecified atom stereocenters. The van der Waals surface area contributed by atoms with Crippen LogP contribution in [-0.2, 0) is 0 Å². The number of phenolic OH excluding ortho intramolecular Hbond substituents is 1. The van der Waals surface area contributed by atoms with Crippen LogP contribution in [0.15, 0.2) is 47.5 Å². The summed E-state index contributed by atoms with van der Waals surface area (Å²) < 4.78 is 48.6. The van der Waals surface area contributed by atoms with Gasteiger partial charge in [0, 0.05) is 37.7 Å². The third kappa shape index (κ3) is 5.83. The van der Waals surface area contributed by atoms with Crippen LogP contribution >= 0.6 is 0 Å². The Morgan fingerprint density at radius 3 is 2.49 bits per heavy atom. The molecule has 0 radical (unpaired) electrons. The fourth-order valence-electron chi connectivity index (χ4n) is 4.54. The van der Waals surface area contributed by atoms with Crippen LogP contribution in [0.1, 0.15) is 24.5 Å². The highest BCUT2D eigenvalue weighted by molar-refractivity contribution is 6.00. The van der Waals surface area contributed by atoms with E-state index in [1.807, 2.05) is 18.0 Å². The molecule has 3 aromatic rings. The largest absolute Gasteiger partial charge is 0.504 e. The fraction of sp³-hybridized carbons (Fsp3) is 0.286. The summed E-state index contributed by atoms with van der Waals surface area (Å²) in [5.74, 6) is -4.19. The fourth-order valence-corrected chi connectivity index (χ4v) is 4.54. The molecule has 0 spiro atoms. The van der Waals surface area contributed by atoms with Gasteiger partial charge in [0.1, 0.15) is 23.5 Å². The number of aromatic nitrogens is 1. The number of nitrogens with one attached hydrogen (secondary N) is 2. The number of phenols is 1. The number of likely N-dealkylation sites (tertiary alicyclic amines) is 1. The molecule has 0 aliphatic carbocycles. The number of hydrogen-bond donors (Lipinski definition) is 4. The molecule has 1 saturated heterocycles. The Morgan fingerprint density at radius 1 is 1.07 bits per heavy atom. The van der Waals surface area contributed by atoms with E-state index >= 15 is 8.78 Å². The highest BCUT2D eigenvalue weighted by Crippen LogP contribution is 2.40. The van der Waals surface area contributed by atoms with Gasteiger partial charge in [-0.05, 0) is 37.3 Å². The van der Waals surface area contributed by atoms with Gasteiger partial charge in [-0.25, -0.2) is 0 Å². The summed E-state index contributed by atoms with van der Waals surface area (Å²) in [4.78, 5) is 12.1. The van der Waals surface area contributed by atoms with E-state index < -0.39 is 35.2 Å². The Hall–Kier alpha value is -4.94. The first-order valence-corrected chi connectivity index (χ1v) is 12.9. The number of nitrogen functional groups attached to an aromatic ring is 1. The van der Waals surface area contributed by atoms with Crippen molar-refractivity contribution in [3.05, 3.63) is 65.2 Å². The maximum absolute atomic E-state index is 15.8. The third-order valence-corrected chi connectivity index (χ3v) is 6.72. The van der Waals surface area contributed by atoms with Gasteiger partial charge in [-0.3, -0.25) is 15.8 Å². The van der Waals surface area contributed by atoms with Gasteiger partial charge in [0.2, 0.25) is 17.4 Å². The minimum absolute atomic E-state index is 0.206. The lowest BCUT2D eigenvalue weighted by Crippen LogP contribution is -2.28. The van der Waals surface area contributed by atoms with Crippen LogP contribution in [0.3, 0.4) is 0 Å². The monoisotopic (exact) mass is 565 g/mol. The van der Waals surface area contributed by atoms with Crippen molar-refractivity contribution in [2.75, 3.05) is 33.2 Å². The molecule has 0 amide bonds. The summed E-state index contributed by atoms with van der Waals surface area (Å²) in [5.41, 5.74) is 6.49. The zero-order valence-corrected chi connectivity index (χ0v) is 22.4. The molecule has 5 rings (SSSR count). The highest BCUT2D eigenvalue weighted by atomic mass is 19.1. The first-order valence-electron chi connectivity index (χ1n) is 12.9. The summed E-state index contributed by atoms with van der Waals surface area (Å²) in [6, 6.07) is 10.7. The Labute approximate surface area is 234 Å². The average molecular weight is 566 g/mol. The molecule has 1 atom stereocenters. The topological polar surface area (TPSA) is 153 Å². The minimum Gasteiger partial charge on any atom is -0.504 e. The molecule has 3 heterocycles. The summed E-state index contributed by atoms with van der Waals surface area (Å²) in [6.07, 6.45) is -0.181. The Kier molecular flexibility index (Phi) is 7.60. The molecule has 2 aromatic carbocycles. The molecule has 1 fully saturated rings. The molecular weight excluding hydrogens is 536 g/mol. The van der Waals surface area contributed by atoms with Gasteiger partial charge in [0.25, 0.3) is 11.8 Å². The van der Waals surface area contributed by atoms with Gasteiger partial charge in [-0.2, -0.15) is 13.8 Å². The first kappa shape index (κ1) is 27.6. The van der Waals surface area contributed by atoms with E-state index in [0.29, 0.717) is 25.3 Å². The minimum atomic E-state index is -1.25. The lowest BCUT2D eigenvalue weighted by molar-refractivity contribution is 0.189. The number of hydrogen-bond acceptors (Lipinski definition) is 9. The quantitative estimate of drug-likeness (QED) is 0.235. The molecule has 0 bridgehead atoms. The Balaban J connectivity index is 1.52. The average Bonchev–Trinajstić information content (AvgIpc) is 3.59. The molecular formula is C28H29F2N7O4. The van der Waals surface area contributed by atoms with Crippen LogP contribution in [0.2, 0.25) is 0 Å². The Bertz CT molecular complexity index is 1550. The predicted molar refractivity (Wildman–Crippen MR) is 148 cm³/mol. The number of nitrogens with two attached hydrogens (primary N) is 1. The van der Waals surface area contributed by atoms with Gasteiger partial charge in [-0.15, -0.1) is 0 Å². The molecule has 2 aliphatic heterocycles. The standard InChI is InChI=1S/C28H29F2N7O4/c1-15(31)37-10-8-19(14-37)39-24-22(29)27(40-18-5-3-4-17(12-18)26-34-9-11-36(26)2)35-28(23(24)30)41-21-13-16(25(32)33)6-7-20(21)38/h3-7,12-13,19,31,38H,8-11,14H2,1-2H3,(H3,32,33). The van der Waals surface area contributed by atoms with Crippen LogP contribution in [0.5, 0.6) is 34.8 Å². The van der Waals surface area contributed by atoms with E-state index in [9.17, 15) is 5.11 Å². The summed E-state index contributed by atoms with van der Waals surface area (Å²) in [6.45, 7) is 3.81. The second kappa shape index (κ2) is 11.3. The van der Waals surface area contributed by atoms with E-state index in [1.165, 1.54) is 18.2 Å². The van der Waals surface area contributed by atoms with Crippen LogP contribution in [0.25, 0.3) is 0 Å². The zero-order valence-electron chi connectivity index (χ0n) is 22.4. The smallest absolute Gasteiger partial charge is 0.263 e. The zero-order chi connectivity index (χ0) is 29.3. The molecule has 41 heavy (non-hydrogen) atoms. The maximum atomic E-state index is 15.8. The Morgan fingerprint density at radius 2 is 1.83 bits per heavy atom. The van der Waals surface area contributed by atoms with Crippen molar-refractivity contribution >= 4 is 17.5 Å². The van der Waals surface area contributed by atoms with E-state index in [1.54, 1.807) is 30.0 Å². The number of aliphatic imine (C=N–C) groups is 1. The van der Waals surface area contributed by atoms with Crippen molar-refractivity contribution in [1.82, 2.24) is 14.8 Å². The number of nitrogens with zero attached hydrogens (tertiary/aromatic N) is 4. The van der Waals surface area contributed by atoms with Crippen molar-refractivity contribution in [2.45, 2.75) is 19.4 Å². The highest BCUT2D eigenvalue weighted by Gasteiger charge is 2.31. The molecule has 5 N–H and O–H groups in total. The molecule has 214 valence electrons. The van der Waals surface area contributed by atoms with Gasteiger partial charge < -0.3 is 34.9 Å². The van der Waals surface area contributed by atoms with E-state index in [4.69, 9.17) is 30.8 Å². The molecule has 11 nitrogen and oxygen atoms in total. The van der Waals surface area contributed by atoms with Crippen LogP contribution in [0.4, 0.5) is 8.78 Å². The number of rotatable bonds is 8. The van der Waals surface area contributed by atoms with Crippen molar-refractivity contribution in [3.8, 4) is 34.8 Å². The van der Waals surface area contributed by atoms with Crippen molar-refractivity contribution < 1.29 is 28.1 Å². The number of pyridine rings is 1. The van der Waals surface area contributed by atoms with Gasteiger partial charge in [0.15, 0.2) is 11.5 Å². The third-order valence-electron chi connectivity index (χ3n) is 6.72. The van der Waals surface area contributed by atoms with E-state index in [2.05, 4.69) is 9.98 Å². The van der Waals surface area contributed by atoms with E-state index in [0.717, 1.165) is 17.9 Å². The molecule has 13 heteroatoms. The van der Waals surface area contributed by atoms with Gasteiger partial charge >= 0.3 is 0 Å². The second-order valence-electron chi connectivity index (χ2n) is 9.69. The van der Waals surface area contributed by atoms with E-state index in [-0.39, 0.29) is 35.2 Å². The normalized spacial score (nSPS) is 16.5. The number of benzene rings is 2. The van der Waals surface area contributed by atoms with Crippen molar-refractivity contribution in [2.24, 2.45) is 10.7 Å². The predicted octanol–water partition coefficient (Wildman–Crippen LogP) is 4.08. The number of aromatic hydroxyl groups is 1. The van der Waals surface area contributed by atoms with Crippen LogP contribution in [-0.4, -0.2) is 76.7 Å². The lowest BCUT2D eigenvalue weighted by atomic mass is 10.2. The number of amidine groups is 3. The number of likely N-dealkylation sites (N-methyl/N-ethyl adjacent to an activating group) is 1. The second-order valence-corrected chi connectivity index (χ2v) is 9.69. The van der Waals surface area contributed by atoms with Crippen molar-refractivity contribution in [3.63, 3.8) is 0 Å². The summed E-state index contributed by atoms with van der Waals surface area (Å²) >= 11 is 0. The number of halogens is 2. The molecule has 1 aromatic heterocycles. The van der Waals surface area contributed by atoms with Crippen molar-refractivity contribution in [1.29, 1.82) is 10.8 Å². The van der Waals surface area contributed by atoms with Gasteiger partial charge in [-0.1, -0.05) is 12.1 Å². The van der Waals surface area contributed by atoms with Crippen LogP contribution in [0, 0.1) is 22.5 Å². The molecule has 0 saturated carbocycles. The number of ether oxygens (including phenoxy) is 3. The summed E-state index contributed by atoms with van der Waals surface area (Å²) in [7, 11) is 1.91. The maximum Gasteiger partial charge on any atom is 0.263 e. The van der Waals surface area contributed by atoms with Gasteiger partial charge in [0.05, 0.1) is 18.9 Å². The lowest BCUT2D eigenvalue weighted by Gasteiger charge is -2.19.